The predicted octanol–water partition coefficient (Wildman–Crippen LogP) is 0.925. The Morgan fingerprint density at radius 2 is 2.12 bits per heavy atom. The molecule has 96 valence electrons. The summed E-state index contributed by atoms with van der Waals surface area (Å²) in [6.45, 7) is 2.99. The SMILES string of the molecule is CC(NCC(C)(O)CO)c1cc(F)ccc1O. The Morgan fingerprint density at radius 1 is 1.47 bits per heavy atom. The van der Waals surface area contributed by atoms with Gasteiger partial charge in [-0.2, -0.15) is 0 Å². The molecule has 0 bridgehead atoms. The fraction of sp³-hybridized carbons (Fsp3) is 0.500. The molecule has 1 aromatic rings. The molecule has 17 heavy (non-hydrogen) atoms. The van der Waals surface area contributed by atoms with Gasteiger partial charge in [-0.3, -0.25) is 0 Å². The number of benzene rings is 1. The summed E-state index contributed by atoms with van der Waals surface area (Å²) in [5.41, 5.74) is -0.823. The number of hydrogen-bond acceptors (Lipinski definition) is 4. The smallest absolute Gasteiger partial charge is 0.123 e. The number of halogens is 1. The molecule has 5 heteroatoms. The van der Waals surface area contributed by atoms with Gasteiger partial charge in [-0.15, -0.1) is 0 Å². The Labute approximate surface area is 99.7 Å². The zero-order chi connectivity index (χ0) is 13.1. The quantitative estimate of drug-likeness (QED) is 0.620. The molecular formula is C12H18FNO3. The van der Waals surface area contributed by atoms with Gasteiger partial charge in [-0.25, -0.2) is 4.39 Å². The fourth-order valence-electron chi connectivity index (χ4n) is 1.41. The summed E-state index contributed by atoms with van der Waals surface area (Å²) >= 11 is 0. The molecule has 0 aliphatic rings. The van der Waals surface area contributed by atoms with E-state index in [0.29, 0.717) is 5.56 Å². The van der Waals surface area contributed by atoms with Crippen molar-refractivity contribution < 1.29 is 19.7 Å². The average molecular weight is 243 g/mol. The number of nitrogens with one attached hydrogen (secondary N) is 1. The first kappa shape index (κ1) is 13.9. The molecule has 0 amide bonds. The Kier molecular flexibility index (Phi) is 4.45. The molecule has 0 fully saturated rings. The molecule has 0 heterocycles. The lowest BCUT2D eigenvalue weighted by atomic mass is 10.0. The fourth-order valence-corrected chi connectivity index (χ4v) is 1.41. The molecule has 2 atom stereocenters. The van der Waals surface area contributed by atoms with Gasteiger partial charge in [0.25, 0.3) is 0 Å². The van der Waals surface area contributed by atoms with Crippen molar-refractivity contribution >= 4 is 0 Å². The first-order valence-electron chi connectivity index (χ1n) is 5.41. The van der Waals surface area contributed by atoms with Crippen molar-refractivity contribution in [1.29, 1.82) is 0 Å². The van der Waals surface area contributed by atoms with Gasteiger partial charge < -0.3 is 20.6 Å². The summed E-state index contributed by atoms with van der Waals surface area (Å²) in [7, 11) is 0. The van der Waals surface area contributed by atoms with Gasteiger partial charge in [0, 0.05) is 18.2 Å². The van der Waals surface area contributed by atoms with Crippen molar-refractivity contribution in [2.24, 2.45) is 0 Å². The van der Waals surface area contributed by atoms with Crippen molar-refractivity contribution in [2.75, 3.05) is 13.2 Å². The lowest BCUT2D eigenvalue weighted by Gasteiger charge is -2.24. The zero-order valence-electron chi connectivity index (χ0n) is 9.94. The summed E-state index contributed by atoms with van der Waals surface area (Å²) < 4.78 is 13.0. The zero-order valence-corrected chi connectivity index (χ0v) is 9.94. The van der Waals surface area contributed by atoms with Gasteiger partial charge in [0.2, 0.25) is 0 Å². The lowest BCUT2D eigenvalue weighted by molar-refractivity contribution is 0.00101. The van der Waals surface area contributed by atoms with Crippen LogP contribution in [0.25, 0.3) is 0 Å². The van der Waals surface area contributed by atoms with Crippen LogP contribution in [-0.2, 0) is 0 Å². The number of rotatable bonds is 5. The number of aliphatic hydroxyl groups excluding tert-OH is 1. The normalized spacial score (nSPS) is 16.5. The number of phenols is 1. The van der Waals surface area contributed by atoms with Crippen LogP contribution < -0.4 is 5.32 Å². The maximum absolute atomic E-state index is 13.0. The molecule has 0 aromatic heterocycles. The van der Waals surface area contributed by atoms with Crippen molar-refractivity contribution in [3.05, 3.63) is 29.6 Å². The maximum Gasteiger partial charge on any atom is 0.123 e. The van der Waals surface area contributed by atoms with Gasteiger partial charge in [0.1, 0.15) is 11.6 Å². The second-order valence-corrected chi connectivity index (χ2v) is 4.46. The van der Waals surface area contributed by atoms with Crippen molar-refractivity contribution in [3.63, 3.8) is 0 Å². The molecule has 0 aliphatic heterocycles. The molecular weight excluding hydrogens is 225 g/mol. The summed E-state index contributed by atoms with van der Waals surface area (Å²) in [4.78, 5) is 0. The molecule has 1 aromatic carbocycles. The first-order valence-corrected chi connectivity index (χ1v) is 5.41. The van der Waals surface area contributed by atoms with E-state index in [9.17, 15) is 14.6 Å². The van der Waals surface area contributed by atoms with Crippen molar-refractivity contribution in [2.45, 2.75) is 25.5 Å². The van der Waals surface area contributed by atoms with Crippen LogP contribution >= 0.6 is 0 Å². The van der Waals surface area contributed by atoms with Crippen LogP contribution in [0.1, 0.15) is 25.5 Å². The van der Waals surface area contributed by atoms with Crippen LogP contribution in [0.5, 0.6) is 5.75 Å². The molecule has 0 saturated heterocycles. The molecule has 0 aliphatic carbocycles. The molecule has 2 unspecified atom stereocenters. The molecule has 1 rings (SSSR count). The van der Waals surface area contributed by atoms with E-state index in [1.54, 1.807) is 6.92 Å². The van der Waals surface area contributed by atoms with E-state index in [1.807, 2.05) is 0 Å². The highest BCUT2D eigenvalue weighted by Gasteiger charge is 2.20. The van der Waals surface area contributed by atoms with Crippen LogP contribution in [0.15, 0.2) is 18.2 Å². The molecule has 4 nitrogen and oxygen atoms in total. The number of aliphatic hydroxyl groups is 2. The third-order valence-electron chi connectivity index (χ3n) is 2.59. The van der Waals surface area contributed by atoms with Crippen LogP contribution in [0.3, 0.4) is 0 Å². The average Bonchev–Trinajstić information content (AvgIpc) is 2.29. The van der Waals surface area contributed by atoms with E-state index in [1.165, 1.54) is 25.1 Å². The highest BCUT2D eigenvalue weighted by atomic mass is 19.1. The van der Waals surface area contributed by atoms with E-state index in [4.69, 9.17) is 5.11 Å². The third kappa shape index (κ3) is 3.96. The Bertz CT molecular complexity index is 382. The largest absolute Gasteiger partial charge is 0.508 e. The molecule has 0 radical (unpaired) electrons. The summed E-state index contributed by atoms with van der Waals surface area (Å²) in [5, 5.41) is 31.0. The standard InChI is InChI=1S/C12H18FNO3/c1-8(14-6-12(2,17)7-15)10-5-9(13)3-4-11(10)16/h3-5,8,14-17H,6-7H2,1-2H3. The number of phenolic OH excluding ortho intramolecular Hbond substituents is 1. The lowest BCUT2D eigenvalue weighted by Crippen LogP contribution is -2.41. The minimum atomic E-state index is -1.24. The summed E-state index contributed by atoms with van der Waals surface area (Å²) in [5.74, 6) is -0.435. The summed E-state index contributed by atoms with van der Waals surface area (Å²) in [6, 6.07) is 3.37. The van der Waals surface area contributed by atoms with Gasteiger partial charge >= 0.3 is 0 Å². The third-order valence-corrected chi connectivity index (χ3v) is 2.59. The Hall–Kier alpha value is -1.17. The van der Waals surface area contributed by atoms with E-state index < -0.39 is 11.4 Å². The Balaban J connectivity index is 2.70. The van der Waals surface area contributed by atoms with E-state index in [-0.39, 0.29) is 24.9 Å². The van der Waals surface area contributed by atoms with Crippen molar-refractivity contribution in [1.82, 2.24) is 5.32 Å². The second kappa shape index (κ2) is 5.44. The molecule has 0 spiro atoms. The maximum atomic E-state index is 13.0. The predicted molar refractivity (Wildman–Crippen MR) is 62.2 cm³/mol. The van der Waals surface area contributed by atoms with E-state index >= 15 is 0 Å². The minimum absolute atomic E-state index is 0.00459. The second-order valence-electron chi connectivity index (χ2n) is 4.46. The number of aromatic hydroxyl groups is 1. The van der Waals surface area contributed by atoms with Crippen LogP contribution in [0, 0.1) is 5.82 Å². The van der Waals surface area contributed by atoms with Gasteiger partial charge in [-0.1, -0.05) is 0 Å². The number of hydrogen-bond donors (Lipinski definition) is 4. The monoisotopic (exact) mass is 243 g/mol. The van der Waals surface area contributed by atoms with Crippen LogP contribution in [0.4, 0.5) is 4.39 Å². The van der Waals surface area contributed by atoms with Gasteiger partial charge in [0.05, 0.1) is 12.2 Å². The van der Waals surface area contributed by atoms with Crippen LogP contribution in [-0.4, -0.2) is 34.1 Å². The Morgan fingerprint density at radius 3 is 2.71 bits per heavy atom. The van der Waals surface area contributed by atoms with Gasteiger partial charge in [-0.05, 0) is 32.0 Å². The highest BCUT2D eigenvalue weighted by Crippen LogP contribution is 2.24. The molecule has 4 N–H and O–H groups in total. The summed E-state index contributed by atoms with van der Waals surface area (Å²) in [6.07, 6.45) is 0. The van der Waals surface area contributed by atoms with E-state index in [0.717, 1.165) is 0 Å². The highest BCUT2D eigenvalue weighted by molar-refractivity contribution is 5.34. The van der Waals surface area contributed by atoms with Crippen LogP contribution in [0.2, 0.25) is 0 Å². The first-order chi connectivity index (χ1) is 7.85. The minimum Gasteiger partial charge on any atom is -0.508 e. The van der Waals surface area contributed by atoms with Crippen molar-refractivity contribution in [3.8, 4) is 5.75 Å². The van der Waals surface area contributed by atoms with Gasteiger partial charge in [0.15, 0.2) is 0 Å². The molecule has 0 saturated carbocycles. The topological polar surface area (TPSA) is 72.7 Å². The van der Waals surface area contributed by atoms with E-state index in [2.05, 4.69) is 5.32 Å².